The topological polar surface area (TPSA) is 46.6 Å². The summed E-state index contributed by atoms with van der Waals surface area (Å²) in [5.74, 6) is -0.481. The number of nitrogens with zero attached hydrogens (tertiary/aromatic N) is 1. The Balaban J connectivity index is 2.57. The van der Waals surface area contributed by atoms with E-state index in [-0.39, 0.29) is 29.6 Å². The van der Waals surface area contributed by atoms with E-state index in [9.17, 15) is 9.59 Å². The van der Waals surface area contributed by atoms with Gasteiger partial charge in [0.15, 0.2) is 0 Å². The van der Waals surface area contributed by atoms with E-state index >= 15 is 0 Å². The fourth-order valence-corrected chi connectivity index (χ4v) is 3.06. The lowest BCUT2D eigenvalue weighted by Crippen LogP contribution is -2.28. The minimum atomic E-state index is -0.510. The standard InChI is InChI=1S/C19H21Cl2NO3/c1-5-25-19(24)16-12(4)22(10-11(2)3)18(23)14(16)9-13-7-6-8-15(20)17(13)21/h6-9,11H,5,10H2,1-4H3/b14-9-. The maximum absolute atomic E-state index is 12.9. The van der Waals surface area contributed by atoms with E-state index in [4.69, 9.17) is 27.9 Å². The Hall–Kier alpha value is -1.78. The van der Waals surface area contributed by atoms with Crippen molar-refractivity contribution in [2.45, 2.75) is 27.7 Å². The average Bonchev–Trinajstić information content (AvgIpc) is 2.76. The van der Waals surface area contributed by atoms with Crippen molar-refractivity contribution in [1.82, 2.24) is 4.90 Å². The molecule has 0 aromatic heterocycles. The average molecular weight is 382 g/mol. The minimum Gasteiger partial charge on any atom is -0.462 e. The first-order valence-corrected chi connectivity index (χ1v) is 8.89. The van der Waals surface area contributed by atoms with Crippen LogP contribution in [0.4, 0.5) is 0 Å². The van der Waals surface area contributed by atoms with E-state index < -0.39 is 5.97 Å². The number of rotatable bonds is 5. The summed E-state index contributed by atoms with van der Waals surface area (Å²) in [5.41, 5.74) is 1.74. The molecular weight excluding hydrogens is 361 g/mol. The maximum Gasteiger partial charge on any atom is 0.340 e. The van der Waals surface area contributed by atoms with Gasteiger partial charge < -0.3 is 9.64 Å². The third kappa shape index (κ3) is 4.07. The van der Waals surface area contributed by atoms with Crippen molar-refractivity contribution in [2.24, 2.45) is 5.92 Å². The second-order valence-electron chi connectivity index (χ2n) is 6.19. The van der Waals surface area contributed by atoms with Crippen LogP contribution in [-0.4, -0.2) is 29.9 Å². The van der Waals surface area contributed by atoms with E-state index in [1.54, 1.807) is 43.0 Å². The van der Waals surface area contributed by atoms with Gasteiger partial charge in [-0.15, -0.1) is 0 Å². The van der Waals surface area contributed by atoms with Crippen molar-refractivity contribution in [3.05, 3.63) is 50.7 Å². The Morgan fingerprint density at radius 3 is 2.60 bits per heavy atom. The molecule has 0 saturated heterocycles. The van der Waals surface area contributed by atoms with Gasteiger partial charge in [0.1, 0.15) is 0 Å². The molecule has 1 aromatic carbocycles. The zero-order valence-electron chi connectivity index (χ0n) is 14.7. The van der Waals surface area contributed by atoms with Crippen LogP contribution in [0, 0.1) is 5.92 Å². The van der Waals surface area contributed by atoms with Gasteiger partial charge in [0.25, 0.3) is 5.91 Å². The Labute approximate surface area is 158 Å². The molecule has 1 amide bonds. The fraction of sp³-hybridized carbons (Fsp3) is 0.368. The quantitative estimate of drug-likeness (QED) is 0.547. The molecule has 0 saturated carbocycles. The molecule has 4 nitrogen and oxygen atoms in total. The van der Waals surface area contributed by atoms with Crippen LogP contribution >= 0.6 is 23.2 Å². The largest absolute Gasteiger partial charge is 0.462 e. The number of allylic oxidation sites excluding steroid dienone is 1. The molecule has 0 bridgehead atoms. The summed E-state index contributed by atoms with van der Waals surface area (Å²) in [6.45, 7) is 8.27. The van der Waals surface area contributed by atoms with E-state index in [0.29, 0.717) is 27.9 Å². The second kappa shape index (κ2) is 8.07. The molecule has 25 heavy (non-hydrogen) atoms. The van der Waals surface area contributed by atoms with Gasteiger partial charge in [0.2, 0.25) is 0 Å². The first-order valence-electron chi connectivity index (χ1n) is 8.13. The molecule has 2 rings (SSSR count). The van der Waals surface area contributed by atoms with Crippen LogP contribution in [-0.2, 0) is 14.3 Å². The highest BCUT2D eigenvalue weighted by atomic mass is 35.5. The number of carbonyl (C=O) groups excluding carboxylic acids is 2. The third-order valence-corrected chi connectivity index (χ3v) is 4.65. The lowest BCUT2D eigenvalue weighted by Gasteiger charge is -2.20. The monoisotopic (exact) mass is 381 g/mol. The van der Waals surface area contributed by atoms with Crippen LogP contribution < -0.4 is 0 Å². The highest BCUT2D eigenvalue weighted by Gasteiger charge is 2.37. The van der Waals surface area contributed by atoms with Crippen LogP contribution in [0.2, 0.25) is 10.0 Å². The molecule has 0 radical (unpaired) electrons. The highest BCUT2D eigenvalue weighted by molar-refractivity contribution is 6.43. The normalized spacial score (nSPS) is 16.4. The summed E-state index contributed by atoms with van der Waals surface area (Å²) >= 11 is 12.3. The van der Waals surface area contributed by atoms with E-state index in [1.807, 2.05) is 13.8 Å². The van der Waals surface area contributed by atoms with Crippen molar-refractivity contribution in [3.8, 4) is 0 Å². The molecule has 0 fully saturated rings. The van der Waals surface area contributed by atoms with Gasteiger partial charge >= 0.3 is 5.97 Å². The van der Waals surface area contributed by atoms with E-state index in [1.165, 1.54) is 0 Å². The smallest absolute Gasteiger partial charge is 0.340 e. The summed E-state index contributed by atoms with van der Waals surface area (Å²) in [6.07, 6.45) is 1.60. The zero-order valence-corrected chi connectivity index (χ0v) is 16.2. The minimum absolute atomic E-state index is 0.231. The van der Waals surface area contributed by atoms with E-state index in [2.05, 4.69) is 0 Å². The molecule has 134 valence electrons. The predicted octanol–water partition coefficient (Wildman–Crippen LogP) is 4.71. The van der Waals surface area contributed by atoms with Gasteiger partial charge in [-0.1, -0.05) is 49.2 Å². The first-order chi connectivity index (χ1) is 11.8. The second-order valence-corrected chi connectivity index (χ2v) is 6.98. The Morgan fingerprint density at radius 1 is 1.32 bits per heavy atom. The summed E-state index contributed by atoms with van der Waals surface area (Å²) < 4.78 is 5.14. The van der Waals surface area contributed by atoms with Crippen molar-refractivity contribution in [1.29, 1.82) is 0 Å². The number of hydrogen-bond acceptors (Lipinski definition) is 3. The van der Waals surface area contributed by atoms with Crippen LogP contribution in [0.15, 0.2) is 35.0 Å². The van der Waals surface area contributed by atoms with Crippen molar-refractivity contribution in [3.63, 3.8) is 0 Å². The molecule has 0 N–H and O–H groups in total. The number of benzene rings is 1. The molecule has 0 aliphatic carbocycles. The maximum atomic E-state index is 12.9. The van der Waals surface area contributed by atoms with E-state index in [0.717, 1.165) is 0 Å². The van der Waals surface area contributed by atoms with Crippen LogP contribution in [0.5, 0.6) is 0 Å². The summed E-state index contributed by atoms with van der Waals surface area (Å²) in [5, 5.41) is 0.728. The lowest BCUT2D eigenvalue weighted by molar-refractivity contribution is -0.138. The van der Waals surface area contributed by atoms with Gasteiger partial charge in [0.05, 0.1) is 27.8 Å². The summed E-state index contributed by atoms with van der Waals surface area (Å²) in [6, 6.07) is 5.16. The van der Waals surface area contributed by atoms with Crippen molar-refractivity contribution in [2.75, 3.05) is 13.2 Å². The fourth-order valence-electron chi connectivity index (χ4n) is 2.70. The van der Waals surface area contributed by atoms with Crippen molar-refractivity contribution < 1.29 is 14.3 Å². The first kappa shape index (κ1) is 19.5. The Kier molecular flexibility index (Phi) is 6.31. The molecule has 6 heteroatoms. The number of esters is 1. The van der Waals surface area contributed by atoms with Gasteiger partial charge in [-0.2, -0.15) is 0 Å². The molecule has 1 aliphatic heterocycles. The molecule has 0 unspecified atom stereocenters. The third-order valence-electron chi connectivity index (χ3n) is 3.82. The number of halogens is 2. The molecule has 0 spiro atoms. The van der Waals surface area contributed by atoms with Crippen LogP contribution in [0.25, 0.3) is 6.08 Å². The Morgan fingerprint density at radius 2 is 2.00 bits per heavy atom. The number of hydrogen-bond donors (Lipinski definition) is 0. The molecule has 1 aliphatic rings. The Bertz CT molecular complexity index is 766. The number of carbonyl (C=O) groups is 2. The van der Waals surface area contributed by atoms with Crippen LogP contribution in [0.3, 0.4) is 0 Å². The molecule has 0 atom stereocenters. The molecule has 1 aromatic rings. The van der Waals surface area contributed by atoms with Crippen LogP contribution in [0.1, 0.15) is 33.3 Å². The molecule has 1 heterocycles. The number of ether oxygens (including phenoxy) is 1. The summed E-state index contributed by atoms with van der Waals surface area (Å²) in [7, 11) is 0. The SMILES string of the molecule is CCOC(=O)C1=C(C)N(CC(C)C)C(=O)/C1=C\c1cccc(Cl)c1Cl. The zero-order chi connectivity index (χ0) is 18.7. The molecular formula is C19H21Cl2NO3. The van der Waals surface area contributed by atoms with Gasteiger partial charge in [-0.25, -0.2) is 4.79 Å². The van der Waals surface area contributed by atoms with Crippen molar-refractivity contribution >= 4 is 41.2 Å². The van der Waals surface area contributed by atoms with Gasteiger partial charge in [-0.3, -0.25) is 4.79 Å². The predicted molar refractivity (Wildman–Crippen MR) is 100 cm³/mol. The lowest BCUT2D eigenvalue weighted by atomic mass is 10.0. The number of amides is 1. The van der Waals surface area contributed by atoms with Gasteiger partial charge in [-0.05, 0) is 37.5 Å². The van der Waals surface area contributed by atoms with Gasteiger partial charge in [0, 0.05) is 12.2 Å². The summed E-state index contributed by atoms with van der Waals surface area (Å²) in [4.78, 5) is 26.9. The highest BCUT2D eigenvalue weighted by Crippen LogP contribution is 2.34.